The smallest absolute Gasteiger partial charge is 0.157 e. The Morgan fingerprint density at radius 1 is 1.24 bits per heavy atom. The molecular formula is C16H17FN4. The molecule has 5 heteroatoms. The van der Waals surface area contributed by atoms with Crippen LogP contribution in [0.2, 0.25) is 0 Å². The van der Waals surface area contributed by atoms with Gasteiger partial charge in [0.15, 0.2) is 5.65 Å². The highest BCUT2D eigenvalue weighted by Crippen LogP contribution is 2.19. The summed E-state index contributed by atoms with van der Waals surface area (Å²) in [6, 6.07) is 7.08. The molecule has 1 aromatic carbocycles. The van der Waals surface area contributed by atoms with E-state index >= 15 is 0 Å². The number of hydrogen-bond acceptors (Lipinski definition) is 3. The van der Waals surface area contributed by atoms with E-state index in [2.05, 4.69) is 15.4 Å². The van der Waals surface area contributed by atoms with Crippen LogP contribution in [0, 0.1) is 19.7 Å². The van der Waals surface area contributed by atoms with Crippen LogP contribution in [0.15, 0.2) is 30.5 Å². The standard InChI is InChI=1S/C16H17FN4/c1-10-4-5-14(17)15(6-10)18-8-12-7-13-11(2)20-21(3)16(13)19-9-12/h4-7,9,18H,8H2,1-3H3. The van der Waals surface area contributed by atoms with Gasteiger partial charge >= 0.3 is 0 Å². The molecule has 0 saturated heterocycles. The second-order valence-electron chi connectivity index (χ2n) is 5.26. The van der Waals surface area contributed by atoms with Crippen molar-refractivity contribution in [1.29, 1.82) is 0 Å². The van der Waals surface area contributed by atoms with E-state index in [9.17, 15) is 4.39 Å². The number of benzene rings is 1. The van der Waals surface area contributed by atoms with Gasteiger partial charge in [-0.3, -0.25) is 4.68 Å². The lowest BCUT2D eigenvalue weighted by Crippen LogP contribution is -2.02. The number of fused-ring (bicyclic) bond motifs is 1. The maximum Gasteiger partial charge on any atom is 0.157 e. The fourth-order valence-corrected chi connectivity index (χ4v) is 2.42. The lowest BCUT2D eigenvalue weighted by Gasteiger charge is -2.08. The molecule has 0 bridgehead atoms. The number of pyridine rings is 1. The summed E-state index contributed by atoms with van der Waals surface area (Å²) < 4.78 is 15.5. The van der Waals surface area contributed by atoms with Gasteiger partial charge in [-0.1, -0.05) is 6.07 Å². The molecule has 2 aromatic heterocycles. The van der Waals surface area contributed by atoms with Crippen molar-refractivity contribution in [2.75, 3.05) is 5.32 Å². The van der Waals surface area contributed by atoms with E-state index in [0.29, 0.717) is 12.2 Å². The summed E-state index contributed by atoms with van der Waals surface area (Å²) in [5.74, 6) is -0.243. The Bertz CT molecular complexity index is 807. The number of aromatic nitrogens is 3. The van der Waals surface area contributed by atoms with Crippen LogP contribution in [-0.2, 0) is 13.6 Å². The van der Waals surface area contributed by atoms with Crippen molar-refractivity contribution in [2.24, 2.45) is 7.05 Å². The molecule has 0 saturated carbocycles. The largest absolute Gasteiger partial charge is 0.379 e. The van der Waals surface area contributed by atoms with E-state index in [0.717, 1.165) is 27.9 Å². The third-order valence-corrected chi connectivity index (χ3v) is 3.52. The molecule has 0 aliphatic carbocycles. The number of aryl methyl sites for hydroxylation is 3. The van der Waals surface area contributed by atoms with Gasteiger partial charge in [0.25, 0.3) is 0 Å². The lowest BCUT2D eigenvalue weighted by atomic mass is 10.2. The first-order valence-corrected chi connectivity index (χ1v) is 6.83. The van der Waals surface area contributed by atoms with Crippen LogP contribution in [0.5, 0.6) is 0 Å². The summed E-state index contributed by atoms with van der Waals surface area (Å²) in [4.78, 5) is 4.42. The summed E-state index contributed by atoms with van der Waals surface area (Å²) in [5.41, 5.74) is 4.34. The van der Waals surface area contributed by atoms with Gasteiger partial charge in [-0.05, 0) is 43.2 Å². The van der Waals surface area contributed by atoms with Crippen LogP contribution in [0.4, 0.5) is 10.1 Å². The van der Waals surface area contributed by atoms with E-state index in [-0.39, 0.29) is 5.82 Å². The van der Waals surface area contributed by atoms with Crippen LogP contribution in [0.25, 0.3) is 11.0 Å². The van der Waals surface area contributed by atoms with Gasteiger partial charge in [-0.15, -0.1) is 0 Å². The summed E-state index contributed by atoms with van der Waals surface area (Å²) >= 11 is 0. The molecule has 0 fully saturated rings. The number of rotatable bonds is 3. The summed E-state index contributed by atoms with van der Waals surface area (Å²) in [6.45, 7) is 4.43. The van der Waals surface area contributed by atoms with Crippen molar-refractivity contribution in [3.63, 3.8) is 0 Å². The Hall–Kier alpha value is -2.43. The molecule has 0 amide bonds. The number of nitrogens with one attached hydrogen (secondary N) is 1. The number of hydrogen-bond donors (Lipinski definition) is 1. The van der Waals surface area contributed by atoms with Gasteiger partial charge < -0.3 is 5.32 Å². The van der Waals surface area contributed by atoms with Crippen LogP contribution < -0.4 is 5.32 Å². The zero-order chi connectivity index (χ0) is 15.0. The van der Waals surface area contributed by atoms with E-state index in [1.807, 2.05) is 27.0 Å². The minimum absolute atomic E-state index is 0.243. The predicted molar refractivity (Wildman–Crippen MR) is 81.7 cm³/mol. The first-order valence-electron chi connectivity index (χ1n) is 6.83. The van der Waals surface area contributed by atoms with E-state index in [1.165, 1.54) is 6.07 Å². The normalized spacial score (nSPS) is 11.0. The maximum atomic E-state index is 13.7. The third-order valence-electron chi connectivity index (χ3n) is 3.52. The van der Waals surface area contributed by atoms with Gasteiger partial charge in [0.05, 0.1) is 11.4 Å². The highest BCUT2D eigenvalue weighted by atomic mass is 19.1. The number of halogens is 1. The van der Waals surface area contributed by atoms with Gasteiger partial charge in [-0.25, -0.2) is 9.37 Å². The molecule has 0 spiro atoms. The third kappa shape index (κ3) is 2.59. The second kappa shape index (κ2) is 5.16. The lowest BCUT2D eigenvalue weighted by molar-refractivity contribution is 0.629. The maximum absolute atomic E-state index is 13.7. The Balaban J connectivity index is 1.85. The molecule has 21 heavy (non-hydrogen) atoms. The average Bonchev–Trinajstić information content (AvgIpc) is 2.75. The topological polar surface area (TPSA) is 42.7 Å². The van der Waals surface area contributed by atoms with Gasteiger partial charge in [0.1, 0.15) is 5.82 Å². The van der Waals surface area contributed by atoms with Crippen LogP contribution in [0.1, 0.15) is 16.8 Å². The quantitative estimate of drug-likeness (QED) is 0.802. The molecule has 0 unspecified atom stereocenters. The van der Waals surface area contributed by atoms with Crippen molar-refractivity contribution in [3.8, 4) is 0 Å². The molecule has 0 aliphatic rings. The van der Waals surface area contributed by atoms with Crippen molar-refractivity contribution in [2.45, 2.75) is 20.4 Å². The van der Waals surface area contributed by atoms with Crippen LogP contribution >= 0.6 is 0 Å². The summed E-state index contributed by atoms with van der Waals surface area (Å²) in [7, 11) is 1.88. The molecule has 3 aromatic rings. The van der Waals surface area contributed by atoms with Crippen molar-refractivity contribution >= 4 is 16.7 Å². The SMILES string of the molecule is Cc1ccc(F)c(NCc2cnc3c(c2)c(C)nn3C)c1. The highest BCUT2D eigenvalue weighted by Gasteiger charge is 2.07. The van der Waals surface area contributed by atoms with Gasteiger partial charge in [-0.2, -0.15) is 5.10 Å². The van der Waals surface area contributed by atoms with Crippen molar-refractivity contribution < 1.29 is 4.39 Å². The summed E-state index contributed by atoms with van der Waals surface area (Å²) in [5, 5.41) is 8.50. The fourth-order valence-electron chi connectivity index (χ4n) is 2.42. The van der Waals surface area contributed by atoms with E-state index < -0.39 is 0 Å². The van der Waals surface area contributed by atoms with Crippen molar-refractivity contribution in [3.05, 3.63) is 53.1 Å². The van der Waals surface area contributed by atoms with Crippen LogP contribution in [-0.4, -0.2) is 14.8 Å². The molecule has 3 rings (SSSR count). The first-order chi connectivity index (χ1) is 10.0. The zero-order valence-electron chi connectivity index (χ0n) is 12.3. The highest BCUT2D eigenvalue weighted by molar-refractivity contribution is 5.78. The monoisotopic (exact) mass is 284 g/mol. The predicted octanol–water partition coefficient (Wildman–Crippen LogP) is 3.34. The number of nitrogens with zero attached hydrogens (tertiary/aromatic N) is 3. The Morgan fingerprint density at radius 2 is 2.05 bits per heavy atom. The molecule has 2 heterocycles. The Labute approximate surface area is 122 Å². The zero-order valence-corrected chi connectivity index (χ0v) is 12.3. The Kier molecular flexibility index (Phi) is 3.33. The number of anilines is 1. The molecule has 0 aliphatic heterocycles. The Morgan fingerprint density at radius 3 is 2.86 bits per heavy atom. The molecule has 0 radical (unpaired) electrons. The van der Waals surface area contributed by atoms with Gasteiger partial charge in [0.2, 0.25) is 0 Å². The molecule has 0 atom stereocenters. The first kappa shape index (κ1) is 13.5. The van der Waals surface area contributed by atoms with E-state index in [1.54, 1.807) is 23.0 Å². The fraction of sp³-hybridized carbons (Fsp3) is 0.250. The molecule has 108 valence electrons. The van der Waals surface area contributed by atoms with Gasteiger partial charge in [0, 0.05) is 25.2 Å². The molecule has 4 nitrogen and oxygen atoms in total. The van der Waals surface area contributed by atoms with Crippen LogP contribution in [0.3, 0.4) is 0 Å². The second-order valence-corrected chi connectivity index (χ2v) is 5.26. The molecular weight excluding hydrogens is 267 g/mol. The minimum atomic E-state index is -0.243. The average molecular weight is 284 g/mol. The minimum Gasteiger partial charge on any atom is -0.379 e. The van der Waals surface area contributed by atoms with E-state index in [4.69, 9.17) is 0 Å². The van der Waals surface area contributed by atoms with Crippen molar-refractivity contribution in [1.82, 2.24) is 14.8 Å². The summed E-state index contributed by atoms with van der Waals surface area (Å²) in [6.07, 6.45) is 1.80. The molecule has 1 N–H and O–H groups in total.